The minimum atomic E-state index is -4.76. The van der Waals surface area contributed by atoms with Crippen LogP contribution in [0.1, 0.15) is 35.4 Å². The number of nitrogens with one attached hydrogen (secondary N) is 1. The standard InChI is InChI=1S/C32H22Cl3F3N4O6/c33-15-3-1-13(2-4-15)31-21(28(45)41(30(31)47)40-26-22(35)9-14(12-39-26)32(36,37)38)11-19-17(25(31)20-10-16(34)5-8-23(20)43)6-7-18-24(19)29(46)42(48)27(18)44/h1-6,8-10,12,18-19,21,24-25,43,48H,7,11H2,(H,39,40). The van der Waals surface area contributed by atoms with Gasteiger partial charge in [-0.25, -0.2) is 4.98 Å². The van der Waals surface area contributed by atoms with E-state index in [9.17, 15) is 42.7 Å². The second-order valence-electron chi connectivity index (χ2n) is 12.1. The van der Waals surface area contributed by atoms with E-state index in [0.717, 1.165) is 0 Å². The van der Waals surface area contributed by atoms with Crippen LogP contribution in [0.5, 0.6) is 5.75 Å². The van der Waals surface area contributed by atoms with Gasteiger partial charge in [0.25, 0.3) is 23.6 Å². The van der Waals surface area contributed by atoms with Crippen LogP contribution in [0, 0.1) is 23.7 Å². The van der Waals surface area contributed by atoms with Gasteiger partial charge in [0.1, 0.15) is 5.75 Å². The summed E-state index contributed by atoms with van der Waals surface area (Å²) in [6.45, 7) is 0. The lowest BCUT2D eigenvalue weighted by Crippen LogP contribution is -2.53. The summed E-state index contributed by atoms with van der Waals surface area (Å²) in [6, 6.07) is 10.9. The molecule has 0 spiro atoms. The van der Waals surface area contributed by atoms with Gasteiger partial charge in [0.15, 0.2) is 5.82 Å². The van der Waals surface area contributed by atoms with Crippen LogP contribution in [0.2, 0.25) is 15.1 Å². The normalized spacial score (nSPS) is 28.3. The molecular weight excluding hydrogens is 700 g/mol. The van der Waals surface area contributed by atoms with Gasteiger partial charge in [-0.2, -0.15) is 23.2 Å². The van der Waals surface area contributed by atoms with Crippen molar-refractivity contribution in [3.05, 3.63) is 98.1 Å². The average molecular weight is 722 g/mol. The van der Waals surface area contributed by atoms with E-state index in [2.05, 4.69) is 10.4 Å². The number of hydrazine groups is 1. The molecule has 3 heterocycles. The van der Waals surface area contributed by atoms with Gasteiger partial charge in [-0.15, -0.1) is 0 Å². The number of aromatic nitrogens is 1. The fourth-order valence-electron chi connectivity index (χ4n) is 7.87. The Labute approximate surface area is 284 Å². The molecule has 2 aromatic carbocycles. The number of hydrogen-bond acceptors (Lipinski definition) is 8. The van der Waals surface area contributed by atoms with E-state index in [4.69, 9.17) is 34.8 Å². The number of allylic oxidation sites excluding steroid dienone is 2. The Hall–Kier alpha value is -4.17. The van der Waals surface area contributed by atoms with Gasteiger partial charge in [-0.1, -0.05) is 58.6 Å². The van der Waals surface area contributed by atoms with Crippen LogP contribution in [0.15, 0.2) is 66.4 Å². The summed E-state index contributed by atoms with van der Waals surface area (Å²) in [4.78, 5) is 59.4. The highest BCUT2D eigenvalue weighted by Crippen LogP contribution is 2.65. The van der Waals surface area contributed by atoms with Crippen molar-refractivity contribution in [2.24, 2.45) is 23.7 Å². The lowest BCUT2D eigenvalue weighted by Gasteiger charge is -2.50. The Bertz CT molecular complexity index is 1960. The average Bonchev–Trinajstić information content (AvgIpc) is 3.39. The highest BCUT2D eigenvalue weighted by molar-refractivity contribution is 6.33. The molecule has 248 valence electrons. The Morgan fingerprint density at radius 3 is 2.27 bits per heavy atom. The first-order valence-corrected chi connectivity index (χ1v) is 15.7. The van der Waals surface area contributed by atoms with Gasteiger partial charge in [-0.3, -0.25) is 29.8 Å². The molecular formula is C32H22Cl3F3N4O6. The third kappa shape index (κ3) is 4.62. The van der Waals surface area contributed by atoms with E-state index < -0.39 is 81.2 Å². The first-order valence-electron chi connectivity index (χ1n) is 14.5. The molecule has 2 aliphatic heterocycles. The third-order valence-corrected chi connectivity index (χ3v) is 10.6. The number of fused-ring (bicyclic) bond motifs is 4. The molecule has 1 saturated carbocycles. The molecule has 2 aliphatic carbocycles. The molecule has 6 atom stereocenters. The third-order valence-electron chi connectivity index (χ3n) is 9.83. The molecule has 6 unspecified atom stereocenters. The highest BCUT2D eigenvalue weighted by Gasteiger charge is 2.70. The van der Waals surface area contributed by atoms with Crippen molar-refractivity contribution >= 4 is 64.2 Å². The number of nitrogens with zero attached hydrogens (tertiary/aromatic N) is 3. The number of aromatic hydroxyl groups is 1. The number of phenols is 1. The zero-order valence-electron chi connectivity index (χ0n) is 24.2. The number of rotatable bonds is 4. The number of carbonyl (C=O) groups excluding carboxylic acids is 4. The molecule has 48 heavy (non-hydrogen) atoms. The summed E-state index contributed by atoms with van der Waals surface area (Å²) >= 11 is 18.8. The fraction of sp³-hybridized carbons (Fsp3) is 0.281. The molecule has 1 aromatic heterocycles. The van der Waals surface area contributed by atoms with Crippen molar-refractivity contribution in [3.63, 3.8) is 0 Å². The van der Waals surface area contributed by atoms with Crippen molar-refractivity contribution in [2.45, 2.75) is 30.4 Å². The van der Waals surface area contributed by atoms with E-state index in [1.165, 1.54) is 30.3 Å². The number of phenolic OH excluding ortho intramolecular Hbond substituents is 1. The van der Waals surface area contributed by atoms with E-state index in [1.54, 1.807) is 18.2 Å². The summed E-state index contributed by atoms with van der Waals surface area (Å²) < 4.78 is 40.0. The van der Waals surface area contributed by atoms with Gasteiger partial charge in [-0.05, 0) is 60.7 Å². The molecule has 3 aromatic rings. The van der Waals surface area contributed by atoms with Crippen LogP contribution in [-0.4, -0.2) is 49.0 Å². The number of alkyl halides is 3. The molecule has 2 saturated heterocycles. The van der Waals surface area contributed by atoms with Crippen molar-refractivity contribution in [1.82, 2.24) is 15.1 Å². The SMILES string of the molecule is O=C1C2CC=C3C(CC4C(=O)N(Nc5ncc(C(F)(F)F)cc5Cl)C(=O)C4(c4ccc(Cl)cc4)C3c3cc(Cl)ccc3O)C2C(=O)N1O. The van der Waals surface area contributed by atoms with E-state index in [1.807, 2.05) is 0 Å². The van der Waals surface area contributed by atoms with Crippen molar-refractivity contribution in [3.8, 4) is 5.75 Å². The number of pyridine rings is 1. The maximum atomic E-state index is 15.0. The van der Waals surface area contributed by atoms with Crippen LogP contribution in [0.4, 0.5) is 19.0 Å². The summed E-state index contributed by atoms with van der Waals surface area (Å²) in [6.07, 6.45) is -2.71. The zero-order chi connectivity index (χ0) is 34.4. The number of anilines is 1. The fourth-order valence-corrected chi connectivity index (χ4v) is 8.38. The number of amides is 4. The predicted molar refractivity (Wildman–Crippen MR) is 164 cm³/mol. The van der Waals surface area contributed by atoms with Crippen molar-refractivity contribution < 1.29 is 42.7 Å². The topological polar surface area (TPSA) is 140 Å². The lowest BCUT2D eigenvalue weighted by molar-refractivity contribution is -0.173. The molecule has 7 rings (SSSR count). The number of carbonyl (C=O) groups is 4. The summed E-state index contributed by atoms with van der Waals surface area (Å²) in [5, 5.41) is 22.3. The molecule has 0 bridgehead atoms. The zero-order valence-corrected chi connectivity index (χ0v) is 26.5. The van der Waals surface area contributed by atoms with Crippen molar-refractivity contribution in [2.75, 3.05) is 5.43 Å². The number of halogens is 6. The molecule has 10 nitrogen and oxygen atoms in total. The Kier molecular flexibility index (Phi) is 7.55. The lowest BCUT2D eigenvalue weighted by atomic mass is 9.49. The van der Waals surface area contributed by atoms with Crippen molar-refractivity contribution in [1.29, 1.82) is 0 Å². The Morgan fingerprint density at radius 2 is 1.60 bits per heavy atom. The minimum Gasteiger partial charge on any atom is -0.508 e. The Morgan fingerprint density at radius 1 is 0.917 bits per heavy atom. The monoisotopic (exact) mass is 720 g/mol. The van der Waals surface area contributed by atoms with Crippen LogP contribution >= 0.6 is 34.8 Å². The quantitative estimate of drug-likeness (QED) is 0.166. The second-order valence-corrected chi connectivity index (χ2v) is 13.4. The first kappa shape index (κ1) is 32.4. The van der Waals surface area contributed by atoms with Gasteiger partial charge >= 0.3 is 6.18 Å². The molecule has 4 amide bonds. The van der Waals surface area contributed by atoms with Gasteiger partial charge in [0.05, 0.1) is 33.8 Å². The number of hydroxylamine groups is 2. The summed E-state index contributed by atoms with van der Waals surface area (Å²) in [5.74, 6) is -9.36. The number of imide groups is 2. The molecule has 3 fully saturated rings. The summed E-state index contributed by atoms with van der Waals surface area (Å²) in [7, 11) is 0. The van der Waals surface area contributed by atoms with E-state index >= 15 is 0 Å². The van der Waals surface area contributed by atoms with Gasteiger partial charge in [0.2, 0.25) is 0 Å². The molecule has 3 N–H and O–H groups in total. The largest absolute Gasteiger partial charge is 0.508 e. The van der Waals surface area contributed by atoms with Gasteiger partial charge < -0.3 is 5.11 Å². The van der Waals surface area contributed by atoms with E-state index in [-0.39, 0.29) is 34.2 Å². The van der Waals surface area contributed by atoms with Crippen LogP contribution in [0.3, 0.4) is 0 Å². The predicted octanol–water partition coefficient (Wildman–Crippen LogP) is 6.14. The van der Waals surface area contributed by atoms with Crippen LogP contribution < -0.4 is 5.43 Å². The number of benzene rings is 2. The van der Waals surface area contributed by atoms with E-state index in [0.29, 0.717) is 33.4 Å². The van der Waals surface area contributed by atoms with Crippen LogP contribution in [0.25, 0.3) is 0 Å². The smallest absolute Gasteiger partial charge is 0.417 e. The maximum Gasteiger partial charge on any atom is 0.417 e. The molecule has 0 radical (unpaired) electrons. The summed E-state index contributed by atoms with van der Waals surface area (Å²) in [5.41, 5.74) is 0.418. The minimum absolute atomic E-state index is 0.0203. The van der Waals surface area contributed by atoms with Crippen LogP contribution in [-0.2, 0) is 30.8 Å². The van der Waals surface area contributed by atoms with Gasteiger partial charge in [0, 0.05) is 27.7 Å². The molecule has 4 aliphatic rings. The Balaban J connectivity index is 1.46. The first-order chi connectivity index (χ1) is 22.7. The highest BCUT2D eigenvalue weighted by atomic mass is 35.5. The maximum absolute atomic E-state index is 15.0. The molecule has 16 heteroatoms. The second kappa shape index (κ2) is 11.2. The number of hydrogen-bond donors (Lipinski definition) is 3.